The summed E-state index contributed by atoms with van der Waals surface area (Å²) < 4.78 is 42.7. The van der Waals surface area contributed by atoms with Crippen LogP contribution < -0.4 is 5.32 Å². The molecule has 0 saturated carbocycles. The first-order chi connectivity index (χ1) is 12.4. The Balaban J connectivity index is 1.95. The summed E-state index contributed by atoms with van der Waals surface area (Å²) in [6, 6.07) is 13.5. The summed E-state index contributed by atoms with van der Waals surface area (Å²) in [6.45, 7) is 0.263. The van der Waals surface area contributed by atoms with Gasteiger partial charge in [0.15, 0.2) is 0 Å². The molecule has 1 aliphatic rings. The lowest BCUT2D eigenvalue weighted by Crippen LogP contribution is -2.47. The molecule has 1 aliphatic carbocycles. The highest BCUT2D eigenvalue weighted by Gasteiger charge is 2.48. The molecule has 1 N–H and O–H groups in total. The van der Waals surface area contributed by atoms with Crippen LogP contribution in [0.3, 0.4) is 0 Å². The van der Waals surface area contributed by atoms with Crippen molar-refractivity contribution in [2.75, 3.05) is 12.9 Å². The standard InChI is InChI=1S/C19H20FNO4S/c1-25-26(23,24)13-19(10-9-15-7-8-16(20)11-17(15)19)18(22)21-12-14-5-3-2-4-6-14/h2-8,11H,9-10,12-13H2,1H3,(H,21,22). The van der Waals surface area contributed by atoms with Crippen LogP contribution in [-0.4, -0.2) is 27.2 Å². The fourth-order valence-electron chi connectivity index (χ4n) is 3.45. The molecule has 0 heterocycles. The van der Waals surface area contributed by atoms with Gasteiger partial charge >= 0.3 is 0 Å². The van der Waals surface area contributed by atoms with Crippen molar-refractivity contribution < 1.29 is 21.8 Å². The molecule has 26 heavy (non-hydrogen) atoms. The van der Waals surface area contributed by atoms with Crippen LogP contribution in [0, 0.1) is 5.82 Å². The van der Waals surface area contributed by atoms with Crippen LogP contribution in [-0.2, 0) is 37.5 Å². The molecule has 2 aromatic carbocycles. The molecule has 2 aromatic rings. The number of aryl methyl sites for hydroxylation is 1. The number of carbonyl (C=O) groups excluding carboxylic acids is 1. The van der Waals surface area contributed by atoms with E-state index in [-0.39, 0.29) is 13.0 Å². The van der Waals surface area contributed by atoms with Crippen LogP contribution in [0.5, 0.6) is 0 Å². The molecule has 0 radical (unpaired) electrons. The van der Waals surface area contributed by atoms with Crippen molar-refractivity contribution in [3.05, 3.63) is 71.0 Å². The molecule has 0 aliphatic heterocycles. The summed E-state index contributed by atoms with van der Waals surface area (Å²) in [5.41, 5.74) is 0.737. The van der Waals surface area contributed by atoms with Crippen LogP contribution in [0.1, 0.15) is 23.1 Å². The molecule has 0 aromatic heterocycles. The highest BCUT2D eigenvalue weighted by Crippen LogP contribution is 2.41. The Kier molecular flexibility index (Phi) is 5.11. The Labute approximate surface area is 152 Å². The van der Waals surface area contributed by atoms with Gasteiger partial charge in [-0.25, -0.2) is 4.39 Å². The number of nitrogens with one attached hydrogen (secondary N) is 1. The summed E-state index contributed by atoms with van der Waals surface area (Å²) in [4.78, 5) is 13.1. The number of fused-ring (bicyclic) bond motifs is 1. The van der Waals surface area contributed by atoms with Crippen molar-refractivity contribution in [1.82, 2.24) is 5.32 Å². The van der Waals surface area contributed by atoms with E-state index in [1.54, 1.807) is 6.07 Å². The summed E-state index contributed by atoms with van der Waals surface area (Å²) in [7, 11) is -2.87. The lowest BCUT2D eigenvalue weighted by atomic mass is 9.82. The maximum Gasteiger partial charge on any atom is 0.268 e. The number of hydrogen-bond acceptors (Lipinski definition) is 4. The van der Waals surface area contributed by atoms with Crippen molar-refractivity contribution >= 4 is 16.0 Å². The van der Waals surface area contributed by atoms with Gasteiger partial charge in [0.1, 0.15) is 5.82 Å². The van der Waals surface area contributed by atoms with Crippen LogP contribution in [0.4, 0.5) is 4.39 Å². The van der Waals surface area contributed by atoms with Crippen LogP contribution >= 0.6 is 0 Å². The predicted octanol–water partition coefficient (Wildman–Crippen LogP) is 2.30. The smallest absolute Gasteiger partial charge is 0.268 e. The Morgan fingerprint density at radius 3 is 2.65 bits per heavy atom. The summed E-state index contributed by atoms with van der Waals surface area (Å²) in [6.07, 6.45) is 0.794. The van der Waals surface area contributed by atoms with E-state index in [2.05, 4.69) is 9.50 Å². The number of benzene rings is 2. The van der Waals surface area contributed by atoms with Crippen LogP contribution in [0.15, 0.2) is 48.5 Å². The summed E-state index contributed by atoms with van der Waals surface area (Å²) >= 11 is 0. The molecule has 1 amide bonds. The molecule has 7 heteroatoms. The van der Waals surface area contributed by atoms with E-state index < -0.39 is 33.0 Å². The monoisotopic (exact) mass is 377 g/mol. The van der Waals surface area contributed by atoms with Crippen molar-refractivity contribution in [3.63, 3.8) is 0 Å². The van der Waals surface area contributed by atoms with E-state index in [0.29, 0.717) is 12.0 Å². The normalized spacial score (nSPS) is 19.2. The van der Waals surface area contributed by atoms with E-state index >= 15 is 0 Å². The van der Waals surface area contributed by atoms with Gasteiger partial charge in [-0.15, -0.1) is 0 Å². The fourth-order valence-corrected chi connectivity index (χ4v) is 4.61. The predicted molar refractivity (Wildman–Crippen MR) is 95.5 cm³/mol. The fraction of sp³-hybridized carbons (Fsp3) is 0.316. The minimum atomic E-state index is -3.93. The molecule has 0 fully saturated rings. The Bertz CT molecular complexity index is 914. The summed E-state index contributed by atoms with van der Waals surface area (Å²) in [5.74, 6) is -1.46. The average molecular weight is 377 g/mol. The van der Waals surface area contributed by atoms with Gasteiger partial charge in [-0.3, -0.25) is 8.98 Å². The van der Waals surface area contributed by atoms with E-state index in [1.165, 1.54) is 12.1 Å². The third kappa shape index (κ3) is 3.64. The van der Waals surface area contributed by atoms with Crippen molar-refractivity contribution in [2.45, 2.75) is 24.8 Å². The molecule has 138 valence electrons. The van der Waals surface area contributed by atoms with Gasteiger partial charge in [-0.05, 0) is 41.7 Å². The van der Waals surface area contributed by atoms with Gasteiger partial charge < -0.3 is 5.32 Å². The second-order valence-corrected chi connectivity index (χ2v) is 8.16. The third-order valence-corrected chi connectivity index (χ3v) is 6.17. The first-order valence-corrected chi connectivity index (χ1v) is 9.83. The molecule has 0 bridgehead atoms. The largest absolute Gasteiger partial charge is 0.351 e. The molecule has 1 unspecified atom stereocenters. The number of rotatable bonds is 6. The molecule has 1 atom stereocenters. The first kappa shape index (κ1) is 18.5. The highest BCUT2D eigenvalue weighted by atomic mass is 32.2. The lowest BCUT2D eigenvalue weighted by Gasteiger charge is -2.28. The molecular formula is C19H20FNO4S. The lowest BCUT2D eigenvalue weighted by molar-refractivity contribution is -0.126. The number of amides is 1. The Morgan fingerprint density at radius 1 is 1.23 bits per heavy atom. The van der Waals surface area contributed by atoms with Crippen molar-refractivity contribution in [1.29, 1.82) is 0 Å². The van der Waals surface area contributed by atoms with E-state index in [1.807, 2.05) is 30.3 Å². The zero-order chi connectivity index (χ0) is 18.8. The second-order valence-electron chi connectivity index (χ2n) is 6.42. The van der Waals surface area contributed by atoms with Crippen LogP contribution in [0.2, 0.25) is 0 Å². The van der Waals surface area contributed by atoms with Crippen LogP contribution in [0.25, 0.3) is 0 Å². The Hall–Kier alpha value is -2.25. The number of carbonyl (C=O) groups is 1. The molecule has 0 spiro atoms. The maximum atomic E-state index is 13.8. The SMILES string of the molecule is COS(=O)(=O)CC1(C(=O)NCc2ccccc2)CCc2ccc(F)cc21. The zero-order valence-corrected chi connectivity index (χ0v) is 15.2. The minimum Gasteiger partial charge on any atom is -0.351 e. The van der Waals surface area contributed by atoms with E-state index in [9.17, 15) is 17.6 Å². The molecular weight excluding hydrogens is 357 g/mol. The first-order valence-electron chi connectivity index (χ1n) is 8.26. The maximum absolute atomic E-state index is 13.8. The molecule has 0 saturated heterocycles. The van der Waals surface area contributed by atoms with E-state index in [0.717, 1.165) is 18.2 Å². The van der Waals surface area contributed by atoms with Gasteiger partial charge in [0.2, 0.25) is 5.91 Å². The van der Waals surface area contributed by atoms with Gasteiger partial charge in [-0.2, -0.15) is 8.42 Å². The number of hydrogen-bond donors (Lipinski definition) is 1. The van der Waals surface area contributed by atoms with Gasteiger partial charge in [0.25, 0.3) is 10.1 Å². The Morgan fingerprint density at radius 2 is 1.96 bits per heavy atom. The van der Waals surface area contributed by atoms with Gasteiger partial charge in [0, 0.05) is 6.54 Å². The second kappa shape index (κ2) is 7.17. The zero-order valence-electron chi connectivity index (χ0n) is 14.4. The number of halogens is 1. The average Bonchev–Trinajstić information content (AvgIpc) is 2.99. The highest BCUT2D eigenvalue weighted by molar-refractivity contribution is 7.86. The molecule has 5 nitrogen and oxygen atoms in total. The van der Waals surface area contributed by atoms with E-state index in [4.69, 9.17) is 0 Å². The topological polar surface area (TPSA) is 72.5 Å². The van der Waals surface area contributed by atoms with Gasteiger partial charge in [-0.1, -0.05) is 36.4 Å². The summed E-state index contributed by atoms with van der Waals surface area (Å²) in [5, 5.41) is 2.81. The van der Waals surface area contributed by atoms with Crippen molar-refractivity contribution in [3.8, 4) is 0 Å². The third-order valence-electron chi connectivity index (χ3n) is 4.82. The van der Waals surface area contributed by atoms with Crippen molar-refractivity contribution in [2.24, 2.45) is 0 Å². The quantitative estimate of drug-likeness (QED) is 0.784. The van der Waals surface area contributed by atoms with Gasteiger partial charge in [0.05, 0.1) is 18.3 Å². The molecule has 3 rings (SSSR count). The minimum absolute atomic E-state index is 0.263.